The maximum absolute atomic E-state index is 12.9. The lowest BCUT2D eigenvalue weighted by Crippen LogP contribution is -2.47. The molecule has 0 rings (SSSR count). The molecule has 10 heteroatoms. The monoisotopic (exact) mass is 873 g/mol. The Balaban J connectivity index is 4.11. The Morgan fingerprint density at radius 2 is 0.677 bits per heavy atom. The highest BCUT2D eigenvalue weighted by atomic mass is 16.2. The number of carbonyl (C=O) groups is 4. The second kappa shape index (κ2) is 47.8. The van der Waals surface area contributed by atoms with Crippen molar-refractivity contribution in [2.24, 2.45) is 11.5 Å². The normalized spacial score (nSPS) is 12.5. The van der Waals surface area contributed by atoms with Gasteiger partial charge in [0, 0.05) is 25.9 Å². The van der Waals surface area contributed by atoms with Crippen molar-refractivity contribution in [3.63, 3.8) is 0 Å². The van der Waals surface area contributed by atoms with Gasteiger partial charge in [-0.2, -0.15) is 0 Å². The Morgan fingerprint density at radius 3 is 1.00 bits per heavy atom. The van der Waals surface area contributed by atoms with E-state index in [1.54, 1.807) is 0 Å². The molecule has 0 aromatic carbocycles. The summed E-state index contributed by atoms with van der Waals surface area (Å²) in [5.74, 6) is -0.423. The summed E-state index contributed by atoms with van der Waals surface area (Å²) in [6.07, 6.45) is 47.7. The summed E-state index contributed by atoms with van der Waals surface area (Å²) in [5, 5.41) is 11.9. The lowest BCUT2D eigenvalue weighted by atomic mass is 10.1. The number of hydrogen-bond acceptors (Lipinski definition) is 6. The number of unbranched alkanes of at least 4 members (excludes halogenated alkanes) is 25. The predicted octanol–water partition coefficient (Wildman–Crippen LogP) is 11.3. The van der Waals surface area contributed by atoms with Crippen LogP contribution in [0.15, 0.2) is 24.3 Å². The molecule has 0 bridgehead atoms. The van der Waals surface area contributed by atoms with Crippen molar-refractivity contribution in [1.82, 2.24) is 21.3 Å². The van der Waals surface area contributed by atoms with Gasteiger partial charge in [0.15, 0.2) is 0 Å². The standard InChI is InChI=1S/C52H100N6O4/c1-3-5-7-9-11-13-15-17-19-21-23-25-27-29-33-41-49(59)57-47(39-37-43-53)51(61)55-45-35-31-32-36-46-56-52(62)48(40-38-44-54)58-50(60)42-34-30-28-26-24-22-20-18-16-14-12-10-8-6-4-2/h17-20,47-48H,3-16,21-46,53-54H2,1-2H3,(H,55,61)(H,56,62)(H,57,59)(H,58,60)/b19-17-,20-18-. The lowest BCUT2D eigenvalue weighted by molar-refractivity contribution is -0.129. The number of nitrogens with two attached hydrogens (primary N) is 2. The van der Waals surface area contributed by atoms with E-state index in [4.69, 9.17) is 11.5 Å². The maximum atomic E-state index is 12.9. The molecular weight excluding hydrogens is 773 g/mol. The van der Waals surface area contributed by atoms with Crippen LogP contribution in [-0.2, 0) is 19.2 Å². The van der Waals surface area contributed by atoms with Crippen LogP contribution in [0.2, 0.25) is 0 Å². The Morgan fingerprint density at radius 1 is 0.387 bits per heavy atom. The van der Waals surface area contributed by atoms with Gasteiger partial charge in [0.1, 0.15) is 12.1 Å². The Hall–Kier alpha value is -2.72. The maximum Gasteiger partial charge on any atom is 0.242 e. The minimum Gasteiger partial charge on any atom is -0.354 e. The molecule has 62 heavy (non-hydrogen) atoms. The quantitative estimate of drug-likeness (QED) is 0.0263. The number of rotatable bonds is 47. The van der Waals surface area contributed by atoms with Crippen LogP contribution in [0.3, 0.4) is 0 Å². The molecule has 10 nitrogen and oxygen atoms in total. The van der Waals surface area contributed by atoms with Crippen molar-refractivity contribution in [2.45, 2.75) is 257 Å². The molecule has 362 valence electrons. The fourth-order valence-corrected chi connectivity index (χ4v) is 7.70. The first-order chi connectivity index (χ1) is 30.4. The van der Waals surface area contributed by atoms with Crippen molar-refractivity contribution < 1.29 is 19.2 Å². The molecule has 0 saturated heterocycles. The first-order valence-corrected chi connectivity index (χ1v) is 26.2. The summed E-state index contributed by atoms with van der Waals surface area (Å²) in [7, 11) is 0. The topological polar surface area (TPSA) is 168 Å². The molecule has 8 N–H and O–H groups in total. The summed E-state index contributed by atoms with van der Waals surface area (Å²) < 4.78 is 0. The predicted molar refractivity (Wildman–Crippen MR) is 264 cm³/mol. The van der Waals surface area contributed by atoms with Gasteiger partial charge in [-0.25, -0.2) is 0 Å². The first kappa shape index (κ1) is 59.3. The van der Waals surface area contributed by atoms with Gasteiger partial charge in [0.25, 0.3) is 0 Å². The van der Waals surface area contributed by atoms with Crippen molar-refractivity contribution in [2.75, 3.05) is 26.2 Å². The zero-order valence-corrected chi connectivity index (χ0v) is 40.5. The van der Waals surface area contributed by atoms with Crippen LogP contribution in [0.5, 0.6) is 0 Å². The van der Waals surface area contributed by atoms with Crippen molar-refractivity contribution in [3.8, 4) is 0 Å². The Kier molecular flexibility index (Phi) is 45.7. The second-order valence-corrected chi connectivity index (χ2v) is 17.8. The number of carbonyl (C=O) groups excluding carboxylic acids is 4. The van der Waals surface area contributed by atoms with Gasteiger partial charge in [0.2, 0.25) is 23.6 Å². The SMILES string of the molecule is CCCCCCCC/C=C\CCCCCCCC(=O)NC(CCCN)C(=O)NCCCCCCNC(=O)C(CCCN)NC(=O)CCCCCCC/C=C\CCCCCCCC. The number of nitrogens with one attached hydrogen (secondary N) is 4. The molecule has 0 aromatic rings. The zero-order chi connectivity index (χ0) is 45.4. The molecule has 0 fully saturated rings. The second-order valence-electron chi connectivity index (χ2n) is 17.8. The van der Waals surface area contributed by atoms with Crippen LogP contribution < -0.4 is 32.7 Å². The molecule has 0 aliphatic rings. The summed E-state index contributed by atoms with van der Waals surface area (Å²) in [6, 6.07) is -1.11. The fourth-order valence-electron chi connectivity index (χ4n) is 7.70. The Labute approximate surface area is 381 Å². The van der Waals surface area contributed by atoms with Gasteiger partial charge in [-0.05, 0) is 116 Å². The molecule has 0 aliphatic carbocycles. The zero-order valence-electron chi connectivity index (χ0n) is 40.5. The number of amides is 4. The highest BCUT2D eigenvalue weighted by Crippen LogP contribution is 2.12. The van der Waals surface area contributed by atoms with Crippen LogP contribution in [0.1, 0.15) is 245 Å². The Bertz CT molecular complexity index is 1020. The van der Waals surface area contributed by atoms with Gasteiger partial charge in [-0.15, -0.1) is 0 Å². The fraction of sp³-hybridized carbons (Fsp3) is 0.846. The largest absolute Gasteiger partial charge is 0.354 e. The third kappa shape index (κ3) is 41.3. The summed E-state index contributed by atoms with van der Waals surface area (Å²) in [4.78, 5) is 51.2. The highest BCUT2D eigenvalue weighted by molar-refractivity contribution is 5.88. The average Bonchev–Trinajstić information content (AvgIpc) is 3.27. The van der Waals surface area contributed by atoms with Crippen LogP contribution in [0.25, 0.3) is 0 Å². The van der Waals surface area contributed by atoms with Crippen LogP contribution in [-0.4, -0.2) is 61.9 Å². The van der Waals surface area contributed by atoms with E-state index in [0.717, 1.165) is 77.0 Å². The third-order valence-corrected chi connectivity index (χ3v) is 11.7. The van der Waals surface area contributed by atoms with E-state index in [0.29, 0.717) is 64.7 Å². The summed E-state index contributed by atoms with van der Waals surface area (Å²) in [5.41, 5.74) is 11.4. The van der Waals surface area contributed by atoms with Crippen LogP contribution in [0.4, 0.5) is 0 Å². The molecule has 0 aromatic heterocycles. The van der Waals surface area contributed by atoms with Gasteiger partial charge in [-0.3, -0.25) is 19.2 Å². The lowest BCUT2D eigenvalue weighted by Gasteiger charge is -2.19. The van der Waals surface area contributed by atoms with E-state index in [9.17, 15) is 19.2 Å². The van der Waals surface area contributed by atoms with Gasteiger partial charge in [0.05, 0.1) is 0 Å². The molecular formula is C52H100N6O4. The molecule has 0 saturated carbocycles. The van der Waals surface area contributed by atoms with E-state index in [2.05, 4.69) is 59.4 Å². The third-order valence-electron chi connectivity index (χ3n) is 11.7. The van der Waals surface area contributed by atoms with Crippen molar-refractivity contribution >= 4 is 23.6 Å². The molecule has 0 spiro atoms. The van der Waals surface area contributed by atoms with E-state index in [-0.39, 0.29) is 23.6 Å². The van der Waals surface area contributed by atoms with E-state index < -0.39 is 12.1 Å². The van der Waals surface area contributed by atoms with Crippen molar-refractivity contribution in [1.29, 1.82) is 0 Å². The van der Waals surface area contributed by atoms with Gasteiger partial charge in [-0.1, -0.05) is 154 Å². The average molecular weight is 873 g/mol. The van der Waals surface area contributed by atoms with Gasteiger partial charge < -0.3 is 32.7 Å². The molecule has 0 heterocycles. The molecule has 2 unspecified atom stereocenters. The van der Waals surface area contributed by atoms with Crippen LogP contribution in [0, 0.1) is 0 Å². The van der Waals surface area contributed by atoms with Gasteiger partial charge >= 0.3 is 0 Å². The molecule has 0 radical (unpaired) electrons. The minimum absolute atomic E-state index is 0.0647. The summed E-state index contributed by atoms with van der Waals surface area (Å²) >= 11 is 0. The molecule has 2 atom stereocenters. The smallest absolute Gasteiger partial charge is 0.242 e. The number of hydrogen-bond donors (Lipinski definition) is 6. The summed E-state index contributed by atoms with van der Waals surface area (Å²) in [6.45, 7) is 6.55. The first-order valence-electron chi connectivity index (χ1n) is 26.2. The highest BCUT2D eigenvalue weighted by Gasteiger charge is 2.21. The van der Waals surface area contributed by atoms with E-state index >= 15 is 0 Å². The number of allylic oxidation sites excluding steroid dienone is 4. The van der Waals surface area contributed by atoms with Crippen molar-refractivity contribution in [3.05, 3.63) is 24.3 Å². The minimum atomic E-state index is -0.556. The molecule has 4 amide bonds. The van der Waals surface area contributed by atoms with E-state index in [1.165, 1.54) is 116 Å². The molecule has 0 aliphatic heterocycles. The van der Waals surface area contributed by atoms with E-state index in [1.807, 2.05) is 0 Å². The van der Waals surface area contributed by atoms with Crippen LogP contribution >= 0.6 is 0 Å².